The normalized spacial score (nSPS) is 20.0. The number of carbonyl (C=O) groups excluding carboxylic acids is 1. The molecule has 0 saturated carbocycles. The third kappa shape index (κ3) is 3.54. The van der Waals surface area contributed by atoms with Crippen LogP contribution in [0.1, 0.15) is 26.7 Å². The van der Waals surface area contributed by atoms with E-state index in [9.17, 15) is 4.79 Å². The number of rotatable bonds is 5. The van der Waals surface area contributed by atoms with Crippen LogP contribution in [0.4, 0.5) is 4.79 Å². The highest BCUT2D eigenvalue weighted by atomic mass is 16.7. The SMILES string of the molecule is CCCCOCC1(C)COC(=O)OC1. The predicted molar refractivity (Wildman–Crippen MR) is 51.1 cm³/mol. The molecule has 0 atom stereocenters. The Kier molecular flexibility index (Phi) is 4.20. The summed E-state index contributed by atoms with van der Waals surface area (Å²) in [7, 11) is 0. The van der Waals surface area contributed by atoms with Crippen LogP contribution >= 0.6 is 0 Å². The molecule has 4 nitrogen and oxygen atoms in total. The van der Waals surface area contributed by atoms with Crippen molar-refractivity contribution in [1.29, 1.82) is 0 Å². The van der Waals surface area contributed by atoms with Crippen LogP contribution in [0.2, 0.25) is 0 Å². The molecular weight excluding hydrogens is 184 g/mol. The van der Waals surface area contributed by atoms with Crippen LogP contribution in [0.3, 0.4) is 0 Å². The number of ether oxygens (including phenoxy) is 3. The van der Waals surface area contributed by atoms with E-state index >= 15 is 0 Å². The maximum atomic E-state index is 10.6. The van der Waals surface area contributed by atoms with Crippen molar-refractivity contribution in [3.63, 3.8) is 0 Å². The number of unbranched alkanes of at least 4 members (excludes halogenated alkanes) is 1. The van der Waals surface area contributed by atoms with Crippen molar-refractivity contribution in [1.82, 2.24) is 0 Å². The van der Waals surface area contributed by atoms with Crippen molar-refractivity contribution in [2.45, 2.75) is 26.7 Å². The molecule has 0 aromatic rings. The highest BCUT2D eigenvalue weighted by Crippen LogP contribution is 2.22. The van der Waals surface area contributed by atoms with E-state index in [1.807, 2.05) is 6.92 Å². The second-order valence-electron chi connectivity index (χ2n) is 4.04. The smallest absolute Gasteiger partial charge is 0.433 e. The number of carbonyl (C=O) groups is 1. The van der Waals surface area contributed by atoms with Gasteiger partial charge in [0.2, 0.25) is 0 Å². The van der Waals surface area contributed by atoms with E-state index in [1.165, 1.54) is 0 Å². The second kappa shape index (κ2) is 5.20. The average Bonchev–Trinajstić information content (AvgIpc) is 2.18. The number of hydrogen-bond donors (Lipinski definition) is 0. The van der Waals surface area contributed by atoms with Gasteiger partial charge in [0.15, 0.2) is 0 Å². The standard InChI is InChI=1S/C10H18O4/c1-3-4-5-12-6-10(2)7-13-9(11)14-8-10/h3-8H2,1-2H3. The molecule has 1 aliphatic rings. The summed E-state index contributed by atoms with van der Waals surface area (Å²) in [4.78, 5) is 10.6. The van der Waals surface area contributed by atoms with Crippen LogP contribution in [-0.2, 0) is 14.2 Å². The van der Waals surface area contributed by atoms with Crippen molar-refractivity contribution in [2.24, 2.45) is 5.41 Å². The van der Waals surface area contributed by atoms with Gasteiger partial charge in [0.05, 0.1) is 12.0 Å². The molecule has 4 heteroatoms. The molecular formula is C10H18O4. The molecule has 0 spiro atoms. The van der Waals surface area contributed by atoms with E-state index in [1.54, 1.807) is 0 Å². The summed E-state index contributed by atoms with van der Waals surface area (Å²) in [6.45, 7) is 6.23. The summed E-state index contributed by atoms with van der Waals surface area (Å²) < 4.78 is 15.1. The molecule has 1 fully saturated rings. The molecule has 0 aliphatic carbocycles. The molecule has 0 bridgehead atoms. The molecule has 0 radical (unpaired) electrons. The third-order valence-corrected chi connectivity index (χ3v) is 2.17. The van der Waals surface area contributed by atoms with E-state index in [0.29, 0.717) is 19.8 Å². The zero-order chi connectivity index (χ0) is 10.4. The molecule has 1 heterocycles. The summed E-state index contributed by atoms with van der Waals surface area (Å²) in [5.41, 5.74) is -0.179. The quantitative estimate of drug-likeness (QED) is 0.505. The molecule has 0 amide bonds. The maximum absolute atomic E-state index is 10.6. The monoisotopic (exact) mass is 202 g/mol. The lowest BCUT2D eigenvalue weighted by Crippen LogP contribution is -2.40. The summed E-state index contributed by atoms with van der Waals surface area (Å²) in [5, 5.41) is 0. The summed E-state index contributed by atoms with van der Waals surface area (Å²) in [5.74, 6) is 0. The van der Waals surface area contributed by atoms with Crippen LogP contribution < -0.4 is 0 Å². The zero-order valence-electron chi connectivity index (χ0n) is 8.88. The van der Waals surface area contributed by atoms with Gasteiger partial charge in [-0.1, -0.05) is 20.3 Å². The Morgan fingerprint density at radius 2 is 2.07 bits per heavy atom. The van der Waals surface area contributed by atoms with E-state index < -0.39 is 6.16 Å². The van der Waals surface area contributed by atoms with Crippen molar-refractivity contribution >= 4 is 6.16 Å². The molecule has 1 aliphatic heterocycles. The molecule has 82 valence electrons. The summed E-state index contributed by atoms with van der Waals surface area (Å²) in [6.07, 6.45) is 1.62. The lowest BCUT2D eigenvalue weighted by molar-refractivity contribution is -0.0851. The molecule has 1 rings (SSSR count). The molecule has 0 aromatic heterocycles. The summed E-state index contributed by atoms with van der Waals surface area (Å²) in [6, 6.07) is 0. The van der Waals surface area contributed by atoms with Gasteiger partial charge >= 0.3 is 6.16 Å². The van der Waals surface area contributed by atoms with Gasteiger partial charge < -0.3 is 14.2 Å². The largest absolute Gasteiger partial charge is 0.508 e. The third-order valence-electron chi connectivity index (χ3n) is 2.17. The molecule has 14 heavy (non-hydrogen) atoms. The fourth-order valence-corrected chi connectivity index (χ4v) is 1.20. The molecule has 0 N–H and O–H groups in total. The lowest BCUT2D eigenvalue weighted by atomic mass is 9.94. The van der Waals surface area contributed by atoms with Gasteiger partial charge in [0, 0.05) is 6.61 Å². The van der Waals surface area contributed by atoms with Crippen molar-refractivity contribution in [3.05, 3.63) is 0 Å². The van der Waals surface area contributed by atoms with Gasteiger partial charge in [-0.3, -0.25) is 0 Å². The highest BCUT2D eigenvalue weighted by Gasteiger charge is 2.33. The minimum absolute atomic E-state index is 0.179. The molecule has 0 unspecified atom stereocenters. The fraction of sp³-hybridized carbons (Fsp3) is 0.900. The van der Waals surface area contributed by atoms with E-state index in [4.69, 9.17) is 14.2 Å². The van der Waals surface area contributed by atoms with Crippen molar-refractivity contribution < 1.29 is 19.0 Å². The van der Waals surface area contributed by atoms with Crippen molar-refractivity contribution in [2.75, 3.05) is 26.4 Å². The first-order valence-electron chi connectivity index (χ1n) is 5.03. The van der Waals surface area contributed by atoms with Gasteiger partial charge in [-0.15, -0.1) is 0 Å². The topological polar surface area (TPSA) is 44.8 Å². The van der Waals surface area contributed by atoms with Crippen LogP contribution in [-0.4, -0.2) is 32.6 Å². The van der Waals surface area contributed by atoms with Gasteiger partial charge in [-0.2, -0.15) is 0 Å². The minimum atomic E-state index is -0.573. The highest BCUT2D eigenvalue weighted by molar-refractivity contribution is 5.60. The second-order valence-corrected chi connectivity index (χ2v) is 4.04. The van der Waals surface area contributed by atoms with E-state index in [0.717, 1.165) is 19.4 Å². The first kappa shape index (κ1) is 11.3. The van der Waals surface area contributed by atoms with Crippen LogP contribution in [0.15, 0.2) is 0 Å². The Hall–Kier alpha value is -0.770. The Labute approximate surface area is 84.5 Å². The van der Waals surface area contributed by atoms with E-state index in [2.05, 4.69) is 6.92 Å². The predicted octanol–water partition coefficient (Wildman–Crippen LogP) is 1.98. The maximum Gasteiger partial charge on any atom is 0.508 e. The average molecular weight is 202 g/mol. The first-order valence-corrected chi connectivity index (χ1v) is 5.03. The minimum Gasteiger partial charge on any atom is -0.433 e. The Morgan fingerprint density at radius 1 is 1.43 bits per heavy atom. The van der Waals surface area contributed by atoms with Gasteiger partial charge in [-0.25, -0.2) is 4.79 Å². The van der Waals surface area contributed by atoms with Gasteiger partial charge in [-0.05, 0) is 6.42 Å². The summed E-state index contributed by atoms with van der Waals surface area (Å²) >= 11 is 0. The fourth-order valence-electron chi connectivity index (χ4n) is 1.20. The molecule has 0 aromatic carbocycles. The van der Waals surface area contributed by atoms with Crippen molar-refractivity contribution in [3.8, 4) is 0 Å². The molecule has 1 saturated heterocycles. The van der Waals surface area contributed by atoms with Crippen LogP contribution in [0, 0.1) is 5.41 Å². The van der Waals surface area contributed by atoms with E-state index in [-0.39, 0.29) is 5.41 Å². The number of cyclic esters (lactones) is 2. The van der Waals surface area contributed by atoms with Crippen LogP contribution in [0.25, 0.3) is 0 Å². The lowest BCUT2D eigenvalue weighted by Gasteiger charge is -2.31. The Bertz CT molecular complexity index is 181. The van der Waals surface area contributed by atoms with Gasteiger partial charge in [0.25, 0.3) is 0 Å². The Morgan fingerprint density at radius 3 is 2.64 bits per heavy atom. The zero-order valence-corrected chi connectivity index (χ0v) is 8.88. The number of hydrogen-bond acceptors (Lipinski definition) is 4. The van der Waals surface area contributed by atoms with Crippen LogP contribution in [0.5, 0.6) is 0 Å². The van der Waals surface area contributed by atoms with Gasteiger partial charge in [0.1, 0.15) is 13.2 Å². The Balaban J connectivity index is 2.18. The first-order chi connectivity index (χ1) is 6.66.